The molecular weight excluding hydrogens is 236 g/mol. The Hall–Kier alpha value is -2.06. The summed E-state index contributed by atoms with van der Waals surface area (Å²) >= 11 is 0. The van der Waals surface area contributed by atoms with Crippen molar-refractivity contribution in [3.63, 3.8) is 0 Å². The quantitative estimate of drug-likeness (QED) is 0.650. The van der Waals surface area contributed by atoms with Gasteiger partial charge in [0.25, 0.3) is 5.79 Å². The molecule has 2 nitrogen and oxygen atoms in total. The highest BCUT2D eigenvalue weighted by molar-refractivity contribution is 5.79. The molecule has 0 aromatic heterocycles. The van der Waals surface area contributed by atoms with Crippen LogP contribution in [0.15, 0.2) is 60.4 Å². The Morgan fingerprint density at radius 2 is 1.47 bits per heavy atom. The number of allylic oxidation sites excluding steroid dienone is 2. The maximum Gasteiger partial charge on any atom is 0.262 e. The molecule has 0 saturated heterocycles. The average molecular weight is 252 g/mol. The van der Waals surface area contributed by atoms with Crippen LogP contribution in [0.3, 0.4) is 0 Å². The third-order valence-electron chi connectivity index (χ3n) is 3.59. The molecule has 19 heavy (non-hydrogen) atoms. The largest absolute Gasteiger partial charge is 0.459 e. The molecule has 2 aromatic carbocycles. The maximum absolute atomic E-state index is 11.0. The first-order valence-corrected chi connectivity index (χ1v) is 6.40. The van der Waals surface area contributed by atoms with Crippen molar-refractivity contribution < 1.29 is 9.84 Å². The van der Waals surface area contributed by atoms with Crippen LogP contribution in [-0.4, -0.2) is 5.11 Å². The molecular formula is C17H16O2. The maximum atomic E-state index is 11.0. The van der Waals surface area contributed by atoms with E-state index in [0.29, 0.717) is 5.76 Å². The lowest BCUT2D eigenvalue weighted by Crippen LogP contribution is -2.27. The molecule has 0 amide bonds. The number of rotatable bonds is 2. The average Bonchev–Trinajstić information content (AvgIpc) is 2.70. The molecule has 96 valence electrons. The van der Waals surface area contributed by atoms with Gasteiger partial charge in [-0.2, -0.15) is 0 Å². The first-order valence-electron chi connectivity index (χ1n) is 6.40. The Morgan fingerprint density at radius 1 is 1.00 bits per heavy atom. The summed E-state index contributed by atoms with van der Waals surface area (Å²) in [4.78, 5) is 0. The molecule has 0 atom stereocenters. The fourth-order valence-electron chi connectivity index (χ4n) is 2.57. The van der Waals surface area contributed by atoms with E-state index < -0.39 is 5.79 Å². The molecule has 0 bridgehead atoms. The Bertz CT molecular complexity index is 610. The zero-order chi connectivity index (χ0) is 13.5. The summed E-state index contributed by atoms with van der Waals surface area (Å²) < 4.78 is 5.82. The summed E-state index contributed by atoms with van der Waals surface area (Å²) in [5, 5.41) is 11.0. The highest BCUT2D eigenvalue weighted by Crippen LogP contribution is 2.48. The van der Waals surface area contributed by atoms with Crippen LogP contribution in [0.5, 0.6) is 0 Å². The van der Waals surface area contributed by atoms with Crippen LogP contribution in [0.4, 0.5) is 0 Å². The minimum Gasteiger partial charge on any atom is -0.459 e. The summed E-state index contributed by atoms with van der Waals surface area (Å²) in [7, 11) is 0. The fourth-order valence-corrected chi connectivity index (χ4v) is 2.57. The van der Waals surface area contributed by atoms with Crippen LogP contribution in [0, 0.1) is 0 Å². The van der Waals surface area contributed by atoms with E-state index >= 15 is 0 Å². The van der Waals surface area contributed by atoms with Gasteiger partial charge in [-0.1, -0.05) is 48.5 Å². The molecule has 2 aromatic rings. The zero-order valence-electron chi connectivity index (χ0n) is 11.1. The third-order valence-corrected chi connectivity index (χ3v) is 3.59. The van der Waals surface area contributed by atoms with Gasteiger partial charge in [-0.15, -0.1) is 0 Å². The molecule has 0 unspecified atom stereocenters. The highest BCUT2D eigenvalue weighted by Gasteiger charge is 2.43. The summed E-state index contributed by atoms with van der Waals surface area (Å²) in [6.45, 7) is 3.74. The number of fused-ring (bicyclic) bond motifs is 3. The Balaban J connectivity index is 2.25. The van der Waals surface area contributed by atoms with Crippen molar-refractivity contribution >= 4 is 0 Å². The first-order chi connectivity index (χ1) is 9.16. The van der Waals surface area contributed by atoms with E-state index in [9.17, 15) is 5.11 Å². The van der Waals surface area contributed by atoms with Gasteiger partial charge in [-0.05, 0) is 31.1 Å². The monoisotopic (exact) mass is 252 g/mol. The van der Waals surface area contributed by atoms with Crippen molar-refractivity contribution in [3.8, 4) is 11.1 Å². The molecule has 0 fully saturated rings. The van der Waals surface area contributed by atoms with Crippen molar-refractivity contribution in [2.75, 3.05) is 0 Å². The van der Waals surface area contributed by atoms with Crippen LogP contribution in [0.1, 0.15) is 25.0 Å². The Labute approximate surface area is 113 Å². The van der Waals surface area contributed by atoms with Gasteiger partial charge >= 0.3 is 0 Å². The number of hydrogen-bond acceptors (Lipinski definition) is 2. The Morgan fingerprint density at radius 3 is 1.95 bits per heavy atom. The zero-order valence-corrected chi connectivity index (χ0v) is 11.1. The summed E-state index contributed by atoms with van der Waals surface area (Å²) in [6, 6.07) is 15.7. The minimum absolute atomic E-state index is 0.703. The van der Waals surface area contributed by atoms with E-state index in [1.54, 1.807) is 0 Å². The van der Waals surface area contributed by atoms with Gasteiger partial charge in [-0.25, -0.2) is 0 Å². The molecule has 1 aliphatic carbocycles. The van der Waals surface area contributed by atoms with Crippen molar-refractivity contribution in [1.82, 2.24) is 0 Å². The van der Waals surface area contributed by atoms with Gasteiger partial charge in [0, 0.05) is 11.1 Å². The number of aliphatic hydroxyl groups is 1. The second-order valence-electron chi connectivity index (χ2n) is 4.74. The fraction of sp³-hybridized carbons (Fsp3) is 0.176. The standard InChI is InChI=1S/C17H16O2/c1-3-12(2)19-17(18)15-10-6-4-8-13(15)14-9-5-7-11-16(14)17/h3-11,18H,1-2H3. The van der Waals surface area contributed by atoms with E-state index in [-0.39, 0.29) is 0 Å². The van der Waals surface area contributed by atoms with Crippen LogP contribution in [-0.2, 0) is 10.5 Å². The van der Waals surface area contributed by atoms with E-state index in [4.69, 9.17) is 4.74 Å². The number of benzene rings is 2. The number of ether oxygens (including phenoxy) is 1. The summed E-state index contributed by atoms with van der Waals surface area (Å²) in [5.41, 5.74) is 3.67. The third kappa shape index (κ3) is 1.68. The van der Waals surface area contributed by atoms with Crippen LogP contribution >= 0.6 is 0 Å². The van der Waals surface area contributed by atoms with Gasteiger partial charge in [-0.3, -0.25) is 0 Å². The topological polar surface area (TPSA) is 29.5 Å². The van der Waals surface area contributed by atoms with Gasteiger partial charge in [0.05, 0.1) is 5.76 Å². The molecule has 0 aliphatic heterocycles. The summed E-state index contributed by atoms with van der Waals surface area (Å²) in [5.74, 6) is -0.682. The predicted molar refractivity (Wildman–Crippen MR) is 75.4 cm³/mol. The lowest BCUT2D eigenvalue weighted by atomic mass is 10.0. The SMILES string of the molecule is CC=C(C)OC1(O)c2ccccc2-c2ccccc21. The van der Waals surface area contributed by atoms with Crippen molar-refractivity contribution in [2.24, 2.45) is 0 Å². The smallest absolute Gasteiger partial charge is 0.262 e. The van der Waals surface area contributed by atoms with E-state index in [2.05, 4.69) is 0 Å². The molecule has 1 aliphatic rings. The van der Waals surface area contributed by atoms with E-state index in [1.807, 2.05) is 68.5 Å². The lowest BCUT2D eigenvalue weighted by molar-refractivity contribution is -0.147. The van der Waals surface area contributed by atoms with Crippen LogP contribution < -0.4 is 0 Å². The lowest BCUT2D eigenvalue weighted by Gasteiger charge is -2.27. The predicted octanol–water partition coefficient (Wildman–Crippen LogP) is 3.80. The normalized spacial score (nSPS) is 15.8. The van der Waals surface area contributed by atoms with Crippen LogP contribution in [0.2, 0.25) is 0 Å². The van der Waals surface area contributed by atoms with Gasteiger partial charge < -0.3 is 9.84 Å². The van der Waals surface area contributed by atoms with Gasteiger partial charge in [0.1, 0.15) is 0 Å². The van der Waals surface area contributed by atoms with E-state index in [1.165, 1.54) is 0 Å². The summed E-state index contributed by atoms with van der Waals surface area (Å²) in [6.07, 6.45) is 1.85. The van der Waals surface area contributed by atoms with Gasteiger partial charge in [0.15, 0.2) is 0 Å². The van der Waals surface area contributed by atoms with Crippen molar-refractivity contribution in [2.45, 2.75) is 19.6 Å². The second-order valence-corrected chi connectivity index (χ2v) is 4.74. The number of hydrogen-bond donors (Lipinski definition) is 1. The molecule has 1 N–H and O–H groups in total. The molecule has 0 saturated carbocycles. The van der Waals surface area contributed by atoms with E-state index in [0.717, 1.165) is 22.3 Å². The van der Waals surface area contributed by atoms with Crippen molar-refractivity contribution in [1.29, 1.82) is 0 Å². The molecule has 0 spiro atoms. The second kappa shape index (κ2) is 4.25. The molecule has 2 heteroatoms. The highest BCUT2D eigenvalue weighted by atomic mass is 16.6. The minimum atomic E-state index is -1.39. The molecule has 0 heterocycles. The van der Waals surface area contributed by atoms with Crippen molar-refractivity contribution in [3.05, 3.63) is 71.5 Å². The molecule has 3 rings (SSSR count). The Kier molecular flexibility index (Phi) is 2.68. The first kappa shape index (κ1) is 12.0. The van der Waals surface area contributed by atoms with Gasteiger partial charge in [0.2, 0.25) is 0 Å². The van der Waals surface area contributed by atoms with Crippen LogP contribution in [0.25, 0.3) is 11.1 Å². The molecule has 0 radical (unpaired) electrons.